The Morgan fingerprint density at radius 2 is 1.66 bits per heavy atom. The van der Waals surface area contributed by atoms with E-state index in [1.165, 1.54) is 5.56 Å². The molecule has 1 saturated carbocycles. The van der Waals surface area contributed by atoms with Crippen LogP contribution in [0.15, 0.2) is 30.3 Å². The van der Waals surface area contributed by atoms with Crippen molar-refractivity contribution in [2.75, 3.05) is 45.8 Å². The number of carbonyl (C=O) groups excluding carboxylic acids is 2. The Bertz CT molecular complexity index is 755. The molecule has 2 heterocycles. The molecule has 7 heteroatoms. The van der Waals surface area contributed by atoms with Crippen LogP contribution >= 0.6 is 0 Å². The molecule has 0 radical (unpaired) electrons. The van der Waals surface area contributed by atoms with Crippen LogP contribution in [0.2, 0.25) is 0 Å². The molecule has 2 aliphatic heterocycles. The summed E-state index contributed by atoms with van der Waals surface area (Å²) in [5.74, 6) is 0.439. The lowest BCUT2D eigenvalue weighted by molar-refractivity contribution is -0.138. The molecule has 3 amide bonds. The van der Waals surface area contributed by atoms with Crippen molar-refractivity contribution in [2.45, 2.75) is 57.7 Å². The van der Waals surface area contributed by atoms with E-state index < -0.39 is 0 Å². The summed E-state index contributed by atoms with van der Waals surface area (Å²) in [5.41, 5.74) is 1.17. The molecular weight excluding hydrogens is 402 g/mol. The van der Waals surface area contributed by atoms with Gasteiger partial charge in [0, 0.05) is 63.8 Å². The van der Waals surface area contributed by atoms with E-state index in [-0.39, 0.29) is 24.0 Å². The third kappa shape index (κ3) is 5.44. The summed E-state index contributed by atoms with van der Waals surface area (Å²) in [6.45, 7) is 10.4. The molecule has 0 aromatic heterocycles. The average molecular weight is 442 g/mol. The molecule has 0 spiro atoms. The molecule has 1 aromatic carbocycles. The van der Waals surface area contributed by atoms with Crippen LogP contribution < -0.4 is 10.6 Å². The average Bonchev–Trinajstić information content (AvgIpc) is 2.84. The van der Waals surface area contributed by atoms with Crippen LogP contribution in [-0.4, -0.2) is 84.5 Å². The van der Waals surface area contributed by atoms with Crippen molar-refractivity contribution in [3.8, 4) is 0 Å². The summed E-state index contributed by atoms with van der Waals surface area (Å²) in [7, 11) is 0. The smallest absolute Gasteiger partial charge is 0.318 e. The summed E-state index contributed by atoms with van der Waals surface area (Å²) in [5, 5.41) is 6.69. The van der Waals surface area contributed by atoms with E-state index in [1.54, 1.807) is 0 Å². The number of hydrogen-bond acceptors (Lipinski definition) is 4. The Hall–Kier alpha value is -2.12. The maximum Gasteiger partial charge on any atom is 0.318 e. The molecule has 1 unspecified atom stereocenters. The number of carbonyl (C=O) groups is 2. The van der Waals surface area contributed by atoms with Gasteiger partial charge >= 0.3 is 6.03 Å². The highest BCUT2D eigenvalue weighted by Crippen LogP contribution is 2.28. The third-order valence-corrected chi connectivity index (χ3v) is 7.45. The maximum absolute atomic E-state index is 13.1. The van der Waals surface area contributed by atoms with E-state index in [0.717, 1.165) is 65.0 Å². The zero-order valence-electron chi connectivity index (χ0n) is 19.6. The number of hydrogen-bond donors (Lipinski definition) is 2. The zero-order valence-corrected chi connectivity index (χ0v) is 19.6. The summed E-state index contributed by atoms with van der Waals surface area (Å²) >= 11 is 0. The van der Waals surface area contributed by atoms with Crippen molar-refractivity contribution in [3.05, 3.63) is 35.9 Å². The van der Waals surface area contributed by atoms with Gasteiger partial charge in [-0.2, -0.15) is 0 Å². The molecular formula is C25H39N5O2. The second kappa shape index (κ2) is 10.7. The molecule has 3 fully saturated rings. The highest BCUT2D eigenvalue weighted by molar-refractivity contribution is 5.79. The highest BCUT2D eigenvalue weighted by atomic mass is 16.2. The number of nitrogens with zero attached hydrogens (tertiary/aromatic N) is 3. The van der Waals surface area contributed by atoms with Gasteiger partial charge in [-0.15, -0.1) is 0 Å². The van der Waals surface area contributed by atoms with E-state index in [9.17, 15) is 9.59 Å². The minimum absolute atomic E-state index is 0.0277. The molecule has 2 saturated heterocycles. The predicted octanol–water partition coefficient (Wildman–Crippen LogP) is 2.45. The van der Waals surface area contributed by atoms with Crippen molar-refractivity contribution >= 4 is 11.9 Å². The van der Waals surface area contributed by atoms with Crippen LogP contribution in [0.5, 0.6) is 0 Å². The second-order valence-electron chi connectivity index (χ2n) is 9.78. The lowest BCUT2D eigenvalue weighted by atomic mass is 9.85. The number of rotatable bonds is 4. The van der Waals surface area contributed by atoms with Gasteiger partial charge < -0.3 is 20.4 Å². The van der Waals surface area contributed by atoms with Crippen LogP contribution in [0.4, 0.5) is 4.79 Å². The van der Waals surface area contributed by atoms with E-state index >= 15 is 0 Å². The third-order valence-electron chi connectivity index (χ3n) is 7.45. The van der Waals surface area contributed by atoms with Crippen LogP contribution in [0.3, 0.4) is 0 Å². The Labute approximate surface area is 192 Å². The normalized spacial score (nSPS) is 27.4. The van der Waals surface area contributed by atoms with Crippen molar-refractivity contribution < 1.29 is 9.59 Å². The Morgan fingerprint density at radius 1 is 0.969 bits per heavy atom. The lowest BCUT2D eigenvalue weighted by Crippen LogP contribution is -2.55. The first-order valence-electron chi connectivity index (χ1n) is 12.4. The Morgan fingerprint density at radius 3 is 2.31 bits per heavy atom. The molecule has 7 nitrogen and oxygen atoms in total. The van der Waals surface area contributed by atoms with Gasteiger partial charge in [0.25, 0.3) is 0 Å². The highest BCUT2D eigenvalue weighted by Gasteiger charge is 2.34. The van der Waals surface area contributed by atoms with Crippen molar-refractivity contribution in [1.82, 2.24) is 25.3 Å². The predicted molar refractivity (Wildman–Crippen MR) is 126 cm³/mol. The van der Waals surface area contributed by atoms with Crippen LogP contribution in [0, 0.1) is 5.92 Å². The van der Waals surface area contributed by atoms with Crippen LogP contribution in [0.25, 0.3) is 0 Å². The zero-order chi connectivity index (χ0) is 22.5. The first kappa shape index (κ1) is 23.1. The van der Waals surface area contributed by atoms with Crippen molar-refractivity contribution in [1.29, 1.82) is 0 Å². The molecule has 1 aliphatic carbocycles. The van der Waals surface area contributed by atoms with Gasteiger partial charge in [0.05, 0.1) is 6.04 Å². The lowest BCUT2D eigenvalue weighted by Gasteiger charge is -2.40. The van der Waals surface area contributed by atoms with Gasteiger partial charge in [-0.1, -0.05) is 30.3 Å². The van der Waals surface area contributed by atoms with Gasteiger partial charge in [0.1, 0.15) is 0 Å². The van der Waals surface area contributed by atoms with E-state index in [4.69, 9.17) is 0 Å². The fourth-order valence-corrected chi connectivity index (χ4v) is 5.38. The minimum atomic E-state index is 0.0277. The SMILES string of the molecule is CC(C)N1CCN(C(=O)[C@H]2CC[C@H](NC(=O)N3CCNCC3c3ccccc3)CC2)CC1. The number of amides is 3. The van der Waals surface area contributed by atoms with E-state index in [0.29, 0.717) is 18.5 Å². The fourth-order valence-electron chi connectivity index (χ4n) is 5.38. The quantitative estimate of drug-likeness (QED) is 0.753. The molecule has 2 N–H and O–H groups in total. The van der Waals surface area contributed by atoms with E-state index in [1.807, 2.05) is 23.1 Å². The number of urea groups is 1. The van der Waals surface area contributed by atoms with Gasteiger partial charge in [0.2, 0.25) is 5.91 Å². The van der Waals surface area contributed by atoms with Crippen LogP contribution in [-0.2, 0) is 4.79 Å². The first-order valence-corrected chi connectivity index (χ1v) is 12.4. The Balaban J connectivity index is 1.25. The molecule has 1 atom stereocenters. The second-order valence-corrected chi connectivity index (χ2v) is 9.78. The van der Waals surface area contributed by atoms with Gasteiger partial charge in [-0.3, -0.25) is 9.69 Å². The molecule has 4 rings (SSSR count). The van der Waals surface area contributed by atoms with Crippen molar-refractivity contribution in [2.24, 2.45) is 5.92 Å². The van der Waals surface area contributed by atoms with Gasteiger partial charge in [-0.25, -0.2) is 4.79 Å². The largest absolute Gasteiger partial charge is 0.340 e. The standard InChI is InChI=1S/C25H39N5O2/c1-19(2)28-14-16-29(17-15-28)24(31)21-8-10-22(11-9-21)27-25(32)30-13-12-26-18-23(30)20-6-4-3-5-7-20/h3-7,19,21-23,26H,8-18H2,1-2H3,(H,27,32)/t21-,22-,23?. The maximum atomic E-state index is 13.1. The molecule has 32 heavy (non-hydrogen) atoms. The summed E-state index contributed by atoms with van der Waals surface area (Å²) < 4.78 is 0. The summed E-state index contributed by atoms with van der Waals surface area (Å²) in [6.07, 6.45) is 3.52. The van der Waals surface area contributed by atoms with Gasteiger partial charge in [-0.05, 0) is 45.1 Å². The van der Waals surface area contributed by atoms with Crippen molar-refractivity contribution in [3.63, 3.8) is 0 Å². The number of benzene rings is 1. The summed E-state index contributed by atoms with van der Waals surface area (Å²) in [6, 6.07) is 11.0. The minimum Gasteiger partial charge on any atom is -0.340 e. The van der Waals surface area contributed by atoms with E-state index in [2.05, 4.69) is 46.4 Å². The monoisotopic (exact) mass is 441 g/mol. The number of nitrogens with one attached hydrogen (secondary N) is 2. The Kier molecular flexibility index (Phi) is 7.68. The summed E-state index contributed by atoms with van der Waals surface area (Å²) in [4.78, 5) is 32.6. The van der Waals surface area contributed by atoms with Gasteiger partial charge in [0.15, 0.2) is 0 Å². The topological polar surface area (TPSA) is 67.9 Å². The number of piperazine rings is 2. The fraction of sp³-hybridized carbons (Fsp3) is 0.680. The molecule has 3 aliphatic rings. The van der Waals surface area contributed by atoms with Crippen LogP contribution in [0.1, 0.15) is 51.1 Å². The first-order chi connectivity index (χ1) is 15.5. The molecule has 0 bridgehead atoms. The molecule has 176 valence electrons. The molecule has 1 aromatic rings.